The molecule has 0 saturated carbocycles. The second-order valence-electron chi connectivity index (χ2n) is 6.09. The molecular formula is C19H20N2O3. The number of nitrogens with one attached hydrogen (secondary N) is 1. The molecule has 0 bridgehead atoms. The van der Waals surface area contributed by atoms with Crippen LogP contribution < -0.4 is 5.32 Å². The number of oxime groups is 1. The van der Waals surface area contributed by atoms with E-state index in [4.69, 9.17) is 0 Å². The van der Waals surface area contributed by atoms with Crippen LogP contribution in [0.3, 0.4) is 0 Å². The number of carbonyl (C=O) groups is 2. The minimum absolute atomic E-state index is 0.0806. The molecule has 1 amide bonds. The molecule has 1 aliphatic heterocycles. The average Bonchev–Trinajstić information content (AvgIpc) is 2.90. The third-order valence-electron chi connectivity index (χ3n) is 4.40. The van der Waals surface area contributed by atoms with E-state index in [2.05, 4.69) is 33.5 Å². The molecule has 0 radical (unpaired) electrons. The molecule has 2 aromatic carbocycles. The molecule has 0 aromatic heterocycles. The lowest BCUT2D eigenvalue weighted by molar-refractivity contribution is -0.143. The number of hydrogen-bond donors (Lipinski definition) is 1. The Morgan fingerprint density at radius 2 is 2.00 bits per heavy atom. The van der Waals surface area contributed by atoms with Gasteiger partial charge in [0.1, 0.15) is 5.92 Å². The molecular weight excluding hydrogens is 304 g/mol. The highest BCUT2D eigenvalue weighted by molar-refractivity contribution is 6.04. The molecule has 5 nitrogen and oxygen atoms in total. The Morgan fingerprint density at radius 1 is 1.25 bits per heavy atom. The van der Waals surface area contributed by atoms with Crippen molar-refractivity contribution in [2.75, 3.05) is 0 Å². The number of hydrogen-bond acceptors (Lipinski definition) is 4. The average molecular weight is 324 g/mol. The van der Waals surface area contributed by atoms with Crippen LogP contribution in [0.1, 0.15) is 38.3 Å². The Labute approximate surface area is 140 Å². The first kappa shape index (κ1) is 16.2. The molecule has 2 atom stereocenters. The van der Waals surface area contributed by atoms with Gasteiger partial charge in [0.05, 0.1) is 11.8 Å². The highest BCUT2D eigenvalue weighted by Gasteiger charge is 2.30. The van der Waals surface area contributed by atoms with Crippen LogP contribution in [0.4, 0.5) is 0 Å². The Kier molecular flexibility index (Phi) is 4.60. The van der Waals surface area contributed by atoms with Gasteiger partial charge in [-0.25, -0.2) is 4.79 Å². The van der Waals surface area contributed by atoms with Gasteiger partial charge in [-0.2, -0.15) is 0 Å². The minimum Gasteiger partial charge on any atom is -0.350 e. The molecule has 1 N–H and O–H groups in total. The predicted molar refractivity (Wildman–Crippen MR) is 92.4 cm³/mol. The van der Waals surface area contributed by atoms with E-state index in [0.29, 0.717) is 12.1 Å². The number of benzene rings is 2. The van der Waals surface area contributed by atoms with Crippen LogP contribution in [-0.4, -0.2) is 17.6 Å². The fourth-order valence-corrected chi connectivity index (χ4v) is 3.04. The Hall–Kier alpha value is -2.69. The van der Waals surface area contributed by atoms with Crippen molar-refractivity contribution in [1.29, 1.82) is 0 Å². The summed E-state index contributed by atoms with van der Waals surface area (Å²) in [5.74, 6) is -0.853. The van der Waals surface area contributed by atoms with Crippen molar-refractivity contribution < 1.29 is 14.4 Å². The predicted octanol–water partition coefficient (Wildman–Crippen LogP) is 3.35. The van der Waals surface area contributed by atoms with Crippen molar-refractivity contribution in [2.45, 2.75) is 32.7 Å². The normalized spacial score (nSPS) is 18.2. The highest BCUT2D eigenvalue weighted by Crippen LogP contribution is 2.24. The third kappa shape index (κ3) is 3.30. The summed E-state index contributed by atoms with van der Waals surface area (Å²) >= 11 is 0. The number of amides is 1. The number of fused-ring (bicyclic) bond motifs is 1. The van der Waals surface area contributed by atoms with Gasteiger partial charge in [-0.3, -0.25) is 4.79 Å². The molecule has 5 heteroatoms. The Balaban J connectivity index is 1.64. The molecule has 0 spiro atoms. The molecule has 24 heavy (non-hydrogen) atoms. The van der Waals surface area contributed by atoms with Gasteiger partial charge < -0.3 is 10.2 Å². The summed E-state index contributed by atoms with van der Waals surface area (Å²) in [7, 11) is 0. The van der Waals surface area contributed by atoms with Gasteiger partial charge in [0.2, 0.25) is 5.91 Å². The smallest absolute Gasteiger partial charge is 0.343 e. The fourth-order valence-electron chi connectivity index (χ4n) is 3.04. The Morgan fingerprint density at radius 3 is 2.75 bits per heavy atom. The summed E-state index contributed by atoms with van der Waals surface area (Å²) in [6.45, 7) is 3.71. The van der Waals surface area contributed by atoms with E-state index in [1.54, 1.807) is 6.92 Å². The zero-order valence-corrected chi connectivity index (χ0v) is 13.8. The monoisotopic (exact) mass is 324 g/mol. The van der Waals surface area contributed by atoms with Crippen LogP contribution in [0.2, 0.25) is 0 Å². The first-order chi connectivity index (χ1) is 11.6. The number of nitrogens with zero attached hydrogens (tertiary/aromatic N) is 1. The van der Waals surface area contributed by atoms with Crippen LogP contribution in [-0.2, 0) is 14.4 Å². The summed E-state index contributed by atoms with van der Waals surface area (Å²) in [6, 6.07) is 14.1. The van der Waals surface area contributed by atoms with Gasteiger partial charge in [-0.05, 0) is 36.6 Å². The number of carbonyl (C=O) groups excluding carboxylic acids is 2. The lowest BCUT2D eigenvalue weighted by atomic mass is 9.98. The molecule has 2 unspecified atom stereocenters. The van der Waals surface area contributed by atoms with Gasteiger partial charge in [-0.1, -0.05) is 47.6 Å². The van der Waals surface area contributed by atoms with Crippen molar-refractivity contribution in [1.82, 2.24) is 5.32 Å². The van der Waals surface area contributed by atoms with E-state index >= 15 is 0 Å². The summed E-state index contributed by atoms with van der Waals surface area (Å²) in [5.41, 5.74) is 1.72. The lowest BCUT2D eigenvalue weighted by Crippen LogP contribution is -2.28. The zero-order chi connectivity index (χ0) is 17.1. The third-order valence-corrected chi connectivity index (χ3v) is 4.40. The largest absolute Gasteiger partial charge is 0.350 e. The molecule has 1 heterocycles. The maximum Gasteiger partial charge on any atom is 0.343 e. The summed E-state index contributed by atoms with van der Waals surface area (Å²) in [6.07, 6.45) is 0.685. The van der Waals surface area contributed by atoms with Gasteiger partial charge in [0, 0.05) is 6.42 Å². The molecule has 2 aromatic rings. The lowest BCUT2D eigenvalue weighted by Gasteiger charge is -2.17. The van der Waals surface area contributed by atoms with E-state index < -0.39 is 5.92 Å². The number of rotatable bonds is 5. The SMILES string of the molecule is CC1=NOC(=O)C1CCC(=O)NC(C)c1cccc2ccccc12. The van der Waals surface area contributed by atoms with Crippen LogP contribution >= 0.6 is 0 Å². The van der Waals surface area contributed by atoms with Crippen LogP contribution in [0.5, 0.6) is 0 Å². The van der Waals surface area contributed by atoms with Crippen LogP contribution in [0.15, 0.2) is 47.6 Å². The minimum atomic E-state index is -0.399. The van der Waals surface area contributed by atoms with Crippen molar-refractivity contribution in [3.05, 3.63) is 48.0 Å². The van der Waals surface area contributed by atoms with Gasteiger partial charge in [-0.15, -0.1) is 0 Å². The molecule has 3 rings (SSSR count). The van der Waals surface area contributed by atoms with Gasteiger partial charge >= 0.3 is 5.97 Å². The first-order valence-corrected chi connectivity index (χ1v) is 8.08. The van der Waals surface area contributed by atoms with Crippen molar-refractivity contribution in [2.24, 2.45) is 11.1 Å². The van der Waals surface area contributed by atoms with E-state index in [1.807, 2.05) is 31.2 Å². The highest BCUT2D eigenvalue weighted by atomic mass is 16.7. The molecule has 1 aliphatic rings. The standard InChI is InChI=1S/C19H20N2O3/c1-12(15-9-5-7-14-6-3-4-8-17(14)15)20-18(22)11-10-16-13(2)21-24-19(16)23/h3-9,12,16H,10-11H2,1-2H3,(H,20,22). The van der Waals surface area contributed by atoms with Crippen molar-refractivity contribution in [3.63, 3.8) is 0 Å². The summed E-state index contributed by atoms with van der Waals surface area (Å²) in [5, 5.41) is 8.95. The maximum atomic E-state index is 12.2. The summed E-state index contributed by atoms with van der Waals surface area (Å²) in [4.78, 5) is 28.4. The van der Waals surface area contributed by atoms with Crippen LogP contribution in [0, 0.1) is 5.92 Å². The second kappa shape index (κ2) is 6.83. The van der Waals surface area contributed by atoms with E-state index in [-0.39, 0.29) is 24.3 Å². The maximum absolute atomic E-state index is 12.2. The molecule has 0 aliphatic carbocycles. The molecule has 0 saturated heterocycles. The second-order valence-corrected chi connectivity index (χ2v) is 6.09. The quantitative estimate of drug-likeness (QED) is 0.858. The zero-order valence-electron chi connectivity index (χ0n) is 13.8. The van der Waals surface area contributed by atoms with Gasteiger partial charge in [0.15, 0.2) is 0 Å². The van der Waals surface area contributed by atoms with E-state index in [1.165, 1.54) is 0 Å². The van der Waals surface area contributed by atoms with E-state index in [9.17, 15) is 9.59 Å². The van der Waals surface area contributed by atoms with Crippen LogP contribution in [0.25, 0.3) is 10.8 Å². The molecule has 0 fully saturated rings. The topological polar surface area (TPSA) is 67.8 Å². The summed E-state index contributed by atoms with van der Waals surface area (Å²) < 4.78 is 0. The first-order valence-electron chi connectivity index (χ1n) is 8.08. The molecule has 124 valence electrons. The fraction of sp³-hybridized carbons (Fsp3) is 0.316. The Bertz CT molecular complexity index is 808. The van der Waals surface area contributed by atoms with Crippen molar-refractivity contribution >= 4 is 28.4 Å². The van der Waals surface area contributed by atoms with Gasteiger partial charge in [0.25, 0.3) is 0 Å². The van der Waals surface area contributed by atoms with Crippen molar-refractivity contribution in [3.8, 4) is 0 Å². The van der Waals surface area contributed by atoms with E-state index in [0.717, 1.165) is 16.3 Å².